The number of methoxy groups -OCH3 is 1. The lowest BCUT2D eigenvalue weighted by Crippen LogP contribution is -2.26. The first-order chi connectivity index (χ1) is 10.5. The maximum absolute atomic E-state index is 13.7. The van der Waals surface area contributed by atoms with E-state index in [9.17, 15) is 9.18 Å². The van der Waals surface area contributed by atoms with Gasteiger partial charge in [0.25, 0.3) is 5.91 Å². The van der Waals surface area contributed by atoms with E-state index in [0.717, 1.165) is 0 Å². The minimum absolute atomic E-state index is 0.166. The lowest BCUT2D eigenvalue weighted by Gasteiger charge is -2.18. The standard InChI is InChI=1S/C17H15FN2O2/c1-20(11-13-6-7-16(22-2)15(18)9-13)17(21)14-5-3-4-12(8-14)10-19/h3-9H,11H2,1-2H3. The Balaban J connectivity index is 2.14. The Hall–Kier alpha value is -2.87. The van der Waals surface area contributed by atoms with Crippen molar-refractivity contribution in [2.45, 2.75) is 6.54 Å². The van der Waals surface area contributed by atoms with Crippen molar-refractivity contribution in [1.29, 1.82) is 5.26 Å². The van der Waals surface area contributed by atoms with Crippen molar-refractivity contribution in [3.8, 4) is 11.8 Å². The van der Waals surface area contributed by atoms with E-state index in [4.69, 9.17) is 10.00 Å². The van der Waals surface area contributed by atoms with E-state index in [1.807, 2.05) is 6.07 Å². The molecule has 0 aromatic heterocycles. The molecule has 0 aliphatic carbocycles. The molecule has 22 heavy (non-hydrogen) atoms. The summed E-state index contributed by atoms with van der Waals surface area (Å²) in [6.45, 7) is 0.260. The number of carbonyl (C=O) groups is 1. The maximum Gasteiger partial charge on any atom is 0.253 e. The zero-order chi connectivity index (χ0) is 16.1. The lowest BCUT2D eigenvalue weighted by molar-refractivity contribution is 0.0785. The number of nitrogens with zero attached hydrogens (tertiary/aromatic N) is 2. The highest BCUT2D eigenvalue weighted by atomic mass is 19.1. The minimum atomic E-state index is -0.465. The largest absolute Gasteiger partial charge is 0.494 e. The van der Waals surface area contributed by atoms with Crippen LogP contribution in [0, 0.1) is 17.1 Å². The molecule has 0 radical (unpaired) electrons. The van der Waals surface area contributed by atoms with Crippen LogP contribution in [0.5, 0.6) is 5.75 Å². The van der Waals surface area contributed by atoms with Gasteiger partial charge in [-0.2, -0.15) is 5.26 Å². The second-order valence-corrected chi connectivity index (χ2v) is 4.82. The van der Waals surface area contributed by atoms with Gasteiger partial charge in [0.2, 0.25) is 0 Å². The summed E-state index contributed by atoms with van der Waals surface area (Å²) in [7, 11) is 3.03. The number of hydrogen-bond acceptors (Lipinski definition) is 3. The van der Waals surface area contributed by atoms with Crippen molar-refractivity contribution in [1.82, 2.24) is 4.90 Å². The number of halogens is 1. The van der Waals surface area contributed by atoms with E-state index in [1.165, 1.54) is 30.2 Å². The van der Waals surface area contributed by atoms with E-state index in [-0.39, 0.29) is 18.2 Å². The Morgan fingerprint density at radius 3 is 2.73 bits per heavy atom. The summed E-state index contributed by atoms with van der Waals surface area (Å²) in [5, 5.41) is 8.87. The van der Waals surface area contributed by atoms with E-state index in [0.29, 0.717) is 16.7 Å². The van der Waals surface area contributed by atoms with Crippen LogP contribution in [0.25, 0.3) is 0 Å². The fraction of sp³-hybridized carbons (Fsp3) is 0.176. The summed E-state index contributed by atoms with van der Waals surface area (Å²) in [6.07, 6.45) is 0. The van der Waals surface area contributed by atoms with E-state index >= 15 is 0 Å². The van der Waals surface area contributed by atoms with Gasteiger partial charge in [0.1, 0.15) is 0 Å². The topological polar surface area (TPSA) is 53.3 Å². The molecule has 2 rings (SSSR count). The van der Waals surface area contributed by atoms with Crippen molar-refractivity contribution in [3.63, 3.8) is 0 Å². The van der Waals surface area contributed by atoms with Gasteiger partial charge >= 0.3 is 0 Å². The number of rotatable bonds is 4. The molecule has 0 fully saturated rings. The Morgan fingerprint density at radius 2 is 2.09 bits per heavy atom. The fourth-order valence-corrected chi connectivity index (χ4v) is 2.10. The number of carbonyl (C=O) groups excluding carboxylic acids is 1. The van der Waals surface area contributed by atoms with Gasteiger partial charge in [0.05, 0.1) is 18.7 Å². The smallest absolute Gasteiger partial charge is 0.253 e. The molecule has 0 heterocycles. The molecule has 0 spiro atoms. The SMILES string of the molecule is COc1ccc(CN(C)C(=O)c2cccc(C#N)c2)cc1F. The Morgan fingerprint density at radius 1 is 1.32 bits per heavy atom. The predicted octanol–water partition coefficient (Wildman–Crippen LogP) is 2.98. The Bertz CT molecular complexity index is 738. The van der Waals surface area contributed by atoms with Gasteiger partial charge in [0.15, 0.2) is 11.6 Å². The van der Waals surface area contributed by atoms with Crippen LogP contribution < -0.4 is 4.74 Å². The molecule has 4 nitrogen and oxygen atoms in total. The van der Waals surface area contributed by atoms with Gasteiger partial charge in [-0.05, 0) is 35.9 Å². The quantitative estimate of drug-likeness (QED) is 0.872. The highest BCUT2D eigenvalue weighted by Gasteiger charge is 2.13. The zero-order valence-corrected chi connectivity index (χ0v) is 12.3. The molecule has 0 bridgehead atoms. The molecule has 0 N–H and O–H groups in total. The zero-order valence-electron chi connectivity index (χ0n) is 12.3. The fourth-order valence-electron chi connectivity index (χ4n) is 2.10. The molecule has 2 aromatic rings. The number of benzene rings is 2. The highest BCUT2D eigenvalue weighted by molar-refractivity contribution is 5.94. The van der Waals surface area contributed by atoms with Crippen molar-refractivity contribution >= 4 is 5.91 Å². The van der Waals surface area contributed by atoms with Gasteiger partial charge in [-0.3, -0.25) is 4.79 Å². The van der Waals surface area contributed by atoms with Gasteiger partial charge in [-0.25, -0.2) is 4.39 Å². The highest BCUT2D eigenvalue weighted by Crippen LogP contribution is 2.19. The molecule has 0 saturated heterocycles. The molecular weight excluding hydrogens is 283 g/mol. The first-order valence-electron chi connectivity index (χ1n) is 6.63. The Kier molecular flexibility index (Phi) is 4.74. The monoisotopic (exact) mass is 298 g/mol. The van der Waals surface area contributed by atoms with Crippen LogP contribution in [-0.4, -0.2) is 25.0 Å². The lowest BCUT2D eigenvalue weighted by atomic mass is 10.1. The molecular formula is C17H15FN2O2. The van der Waals surface area contributed by atoms with Gasteiger partial charge in [-0.1, -0.05) is 12.1 Å². The van der Waals surface area contributed by atoms with Crippen LogP contribution in [0.2, 0.25) is 0 Å². The minimum Gasteiger partial charge on any atom is -0.494 e. The summed E-state index contributed by atoms with van der Waals surface area (Å²) < 4.78 is 18.5. The molecule has 5 heteroatoms. The summed E-state index contributed by atoms with van der Waals surface area (Å²) in [6, 6.07) is 13.0. The number of ether oxygens (including phenoxy) is 1. The third kappa shape index (κ3) is 3.41. The second-order valence-electron chi connectivity index (χ2n) is 4.82. The summed E-state index contributed by atoms with van der Waals surface area (Å²) >= 11 is 0. The Labute approximate surface area is 128 Å². The summed E-state index contributed by atoms with van der Waals surface area (Å²) in [4.78, 5) is 13.8. The molecule has 2 aromatic carbocycles. The normalized spacial score (nSPS) is 9.91. The first kappa shape index (κ1) is 15.5. The first-order valence-corrected chi connectivity index (χ1v) is 6.63. The van der Waals surface area contributed by atoms with Gasteiger partial charge in [-0.15, -0.1) is 0 Å². The molecule has 0 saturated carbocycles. The van der Waals surface area contributed by atoms with E-state index in [2.05, 4.69) is 0 Å². The van der Waals surface area contributed by atoms with E-state index < -0.39 is 5.82 Å². The third-order valence-electron chi connectivity index (χ3n) is 3.22. The van der Waals surface area contributed by atoms with Crippen LogP contribution in [0.4, 0.5) is 4.39 Å². The summed E-state index contributed by atoms with van der Waals surface area (Å²) in [5.41, 5.74) is 1.51. The predicted molar refractivity (Wildman–Crippen MR) is 79.9 cm³/mol. The maximum atomic E-state index is 13.7. The van der Waals surface area contributed by atoms with Crippen molar-refractivity contribution < 1.29 is 13.9 Å². The number of hydrogen-bond donors (Lipinski definition) is 0. The molecule has 112 valence electrons. The van der Waals surface area contributed by atoms with Crippen LogP contribution in [0.3, 0.4) is 0 Å². The van der Waals surface area contributed by atoms with Crippen LogP contribution in [0.15, 0.2) is 42.5 Å². The van der Waals surface area contributed by atoms with Crippen molar-refractivity contribution in [3.05, 3.63) is 65.0 Å². The molecule has 0 atom stereocenters. The third-order valence-corrected chi connectivity index (χ3v) is 3.22. The number of amides is 1. The molecule has 0 unspecified atom stereocenters. The van der Waals surface area contributed by atoms with E-state index in [1.54, 1.807) is 31.3 Å². The molecule has 0 aliphatic rings. The average Bonchev–Trinajstić information content (AvgIpc) is 2.54. The molecule has 1 amide bonds. The van der Waals surface area contributed by atoms with Crippen LogP contribution in [-0.2, 0) is 6.54 Å². The number of nitriles is 1. The van der Waals surface area contributed by atoms with Crippen molar-refractivity contribution in [2.75, 3.05) is 14.2 Å². The molecule has 0 aliphatic heterocycles. The van der Waals surface area contributed by atoms with Crippen molar-refractivity contribution in [2.24, 2.45) is 0 Å². The summed E-state index contributed by atoms with van der Waals surface area (Å²) in [5.74, 6) is -0.528. The van der Waals surface area contributed by atoms with Crippen LogP contribution >= 0.6 is 0 Å². The van der Waals surface area contributed by atoms with Gasteiger partial charge in [0, 0.05) is 19.2 Å². The average molecular weight is 298 g/mol. The second kappa shape index (κ2) is 6.72. The van der Waals surface area contributed by atoms with Crippen LogP contribution in [0.1, 0.15) is 21.5 Å². The van der Waals surface area contributed by atoms with Gasteiger partial charge < -0.3 is 9.64 Å².